The van der Waals surface area contributed by atoms with E-state index in [-0.39, 0.29) is 5.82 Å². The summed E-state index contributed by atoms with van der Waals surface area (Å²) in [7, 11) is 0. The van der Waals surface area contributed by atoms with Crippen LogP contribution < -0.4 is 0 Å². The average Bonchev–Trinajstić information content (AvgIpc) is 3.28. The Kier molecular flexibility index (Phi) is 4.77. The van der Waals surface area contributed by atoms with Crippen LogP contribution in [-0.2, 0) is 5.75 Å². The molecular formula is C20H16FN3O2S. The predicted molar refractivity (Wildman–Crippen MR) is 101 cm³/mol. The van der Waals surface area contributed by atoms with Gasteiger partial charge in [0, 0.05) is 22.4 Å². The van der Waals surface area contributed by atoms with Crippen molar-refractivity contribution in [2.24, 2.45) is 0 Å². The minimum Gasteiger partial charge on any atom is -0.411 e. The van der Waals surface area contributed by atoms with Gasteiger partial charge in [-0.25, -0.2) is 4.39 Å². The minimum absolute atomic E-state index is 0.285. The molecule has 0 aliphatic heterocycles. The molecule has 5 nitrogen and oxygen atoms in total. The third kappa shape index (κ3) is 3.78. The molecule has 7 heteroatoms. The number of thioether (sulfide) groups is 1. The van der Waals surface area contributed by atoms with Crippen molar-refractivity contribution in [3.05, 3.63) is 71.2 Å². The highest BCUT2D eigenvalue weighted by Gasteiger charge is 2.16. The summed E-state index contributed by atoms with van der Waals surface area (Å²) in [5, 5.41) is 12.8. The lowest BCUT2D eigenvalue weighted by Gasteiger charge is -1.98. The Morgan fingerprint density at radius 2 is 1.81 bits per heavy atom. The molecule has 0 saturated heterocycles. The zero-order valence-electron chi connectivity index (χ0n) is 14.8. The van der Waals surface area contributed by atoms with Crippen molar-refractivity contribution in [3.63, 3.8) is 0 Å². The third-order valence-electron chi connectivity index (χ3n) is 4.13. The first-order valence-corrected chi connectivity index (χ1v) is 9.33. The van der Waals surface area contributed by atoms with Crippen LogP contribution in [0.15, 0.2) is 62.7 Å². The van der Waals surface area contributed by atoms with Gasteiger partial charge in [0.15, 0.2) is 5.76 Å². The van der Waals surface area contributed by atoms with Crippen molar-refractivity contribution in [2.45, 2.75) is 24.8 Å². The van der Waals surface area contributed by atoms with E-state index < -0.39 is 0 Å². The normalized spacial score (nSPS) is 11.1. The highest BCUT2D eigenvalue weighted by molar-refractivity contribution is 7.98. The first-order chi connectivity index (χ1) is 13.1. The molecule has 0 saturated carbocycles. The van der Waals surface area contributed by atoms with Crippen molar-refractivity contribution in [1.82, 2.24) is 15.4 Å². The van der Waals surface area contributed by atoms with Crippen LogP contribution in [0.25, 0.3) is 22.8 Å². The smallest absolute Gasteiger partial charge is 0.277 e. The van der Waals surface area contributed by atoms with Gasteiger partial charge in [0.2, 0.25) is 5.89 Å². The predicted octanol–water partition coefficient (Wildman–Crippen LogP) is 5.44. The molecule has 2 aromatic carbocycles. The van der Waals surface area contributed by atoms with E-state index in [1.54, 1.807) is 12.1 Å². The molecule has 0 radical (unpaired) electrons. The average molecular weight is 381 g/mol. The summed E-state index contributed by atoms with van der Waals surface area (Å²) in [6.45, 7) is 3.94. The Hall–Kier alpha value is -2.93. The fourth-order valence-corrected chi connectivity index (χ4v) is 3.43. The van der Waals surface area contributed by atoms with Gasteiger partial charge in [0.25, 0.3) is 5.22 Å². The van der Waals surface area contributed by atoms with Crippen LogP contribution in [-0.4, -0.2) is 15.4 Å². The van der Waals surface area contributed by atoms with Crippen molar-refractivity contribution < 1.29 is 13.3 Å². The number of aromatic nitrogens is 3. The van der Waals surface area contributed by atoms with E-state index in [9.17, 15) is 4.39 Å². The molecule has 0 amide bonds. The SMILES string of the molecule is Cc1cccc(-c2nnc(SCc3noc(-c4ccc(F)cc4)c3C)o2)c1. The molecule has 4 rings (SSSR count). The molecule has 0 aliphatic carbocycles. The maximum atomic E-state index is 13.1. The summed E-state index contributed by atoms with van der Waals surface area (Å²) in [6, 6.07) is 14.1. The molecule has 0 N–H and O–H groups in total. The summed E-state index contributed by atoms with van der Waals surface area (Å²) >= 11 is 1.40. The second-order valence-electron chi connectivity index (χ2n) is 6.12. The number of aryl methyl sites for hydroxylation is 1. The van der Waals surface area contributed by atoms with Crippen LogP contribution in [0.3, 0.4) is 0 Å². The largest absolute Gasteiger partial charge is 0.411 e. The lowest BCUT2D eigenvalue weighted by Crippen LogP contribution is -1.85. The van der Waals surface area contributed by atoms with Gasteiger partial charge in [-0.1, -0.05) is 34.6 Å². The fraction of sp³-hybridized carbons (Fsp3) is 0.150. The van der Waals surface area contributed by atoms with Crippen LogP contribution in [0.1, 0.15) is 16.8 Å². The molecule has 0 spiro atoms. The molecule has 2 heterocycles. The molecule has 136 valence electrons. The highest BCUT2D eigenvalue weighted by atomic mass is 32.2. The van der Waals surface area contributed by atoms with E-state index in [1.807, 2.05) is 38.1 Å². The van der Waals surface area contributed by atoms with Gasteiger partial charge in [-0.05, 0) is 50.2 Å². The van der Waals surface area contributed by atoms with Gasteiger partial charge >= 0.3 is 0 Å². The standard InChI is InChI=1S/C20H16FN3O2S/c1-12-4-3-5-15(10-12)19-22-23-20(25-19)27-11-17-13(2)18(26-24-17)14-6-8-16(21)9-7-14/h3-10H,11H2,1-2H3. The van der Waals surface area contributed by atoms with Crippen LogP contribution in [0.5, 0.6) is 0 Å². The third-order valence-corrected chi connectivity index (χ3v) is 4.96. The molecule has 27 heavy (non-hydrogen) atoms. The molecule has 2 aromatic heterocycles. The zero-order chi connectivity index (χ0) is 18.8. The molecule has 0 unspecified atom stereocenters. The number of nitrogens with zero attached hydrogens (tertiary/aromatic N) is 3. The lowest BCUT2D eigenvalue weighted by atomic mass is 10.1. The zero-order valence-corrected chi connectivity index (χ0v) is 15.6. The van der Waals surface area contributed by atoms with Crippen molar-refractivity contribution in [2.75, 3.05) is 0 Å². The number of halogens is 1. The van der Waals surface area contributed by atoms with Gasteiger partial charge in [0.05, 0.1) is 5.69 Å². The second-order valence-corrected chi connectivity index (χ2v) is 7.05. The summed E-state index contributed by atoms with van der Waals surface area (Å²) < 4.78 is 24.3. The summed E-state index contributed by atoms with van der Waals surface area (Å²) in [5.41, 5.74) is 4.51. The maximum absolute atomic E-state index is 13.1. The van der Waals surface area contributed by atoms with E-state index in [2.05, 4.69) is 15.4 Å². The van der Waals surface area contributed by atoms with E-state index >= 15 is 0 Å². The van der Waals surface area contributed by atoms with E-state index in [0.717, 1.165) is 27.9 Å². The van der Waals surface area contributed by atoms with Crippen LogP contribution in [0.4, 0.5) is 4.39 Å². The highest BCUT2D eigenvalue weighted by Crippen LogP contribution is 2.30. The lowest BCUT2D eigenvalue weighted by molar-refractivity contribution is 0.426. The monoisotopic (exact) mass is 381 g/mol. The summed E-state index contributed by atoms with van der Waals surface area (Å²) in [5.74, 6) is 1.38. The van der Waals surface area contributed by atoms with Crippen LogP contribution >= 0.6 is 11.8 Å². The topological polar surface area (TPSA) is 65.0 Å². The van der Waals surface area contributed by atoms with Crippen LogP contribution in [0.2, 0.25) is 0 Å². The first-order valence-electron chi connectivity index (χ1n) is 8.34. The molecular weight excluding hydrogens is 365 g/mol. The fourth-order valence-electron chi connectivity index (χ4n) is 2.67. The Morgan fingerprint density at radius 1 is 1.00 bits per heavy atom. The van der Waals surface area contributed by atoms with Gasteiger partial charge in [-0.15, -0.1) is 10.2 Å². The van der Waals surface area contributed by atoms with E-state index in [1.165, 1.54) is 23.9 Å². The number of benzene rings is 2. The molecule has 4 aromatic rings. The molecule has 0 fully saturated rings. The van der Waals surface area contributed by atoms with Crippen LogP contribution in [0, 0.1) is 19.7 Å². The van der Waals surface area contributed by atoms with Crippen molar-refractivity contribution in [1.29, 1.82) is 0 Å². The Bertz CT molecular complexity index is 1070. The minimum atomic E-state index is -0.285. The first kappa shape index (κ1) is 17.5. The molecule has 0 aliphatic rings. The van der Waals surface area contributed by atoms with E-state index in [0.29, 0.717) is 22.6 Å². The summed E-state index contributed by atoms with van der Waals surface area (Å²) in [4.78, 5) is 0. The second kappa shape index (κ2) is 7.36. The number of hydrogen-bond donors (Lipinski definition) is 0. The number of hydrogen-bond acceptors (Lipinski definition) is 6. The summed E-state index contributed by atoms with van der Waals surface area (Å²) in [6.07, 6.45) is 0. The van der Waals surface area contributed by atoms with Gasteiger partial charge in [0.1, 0.15) is 5.82 Å². The maximum Gasteiger partial charge on any atom is 0.277 e. The Balaban J connectivity index is 1.47. The molecule has 0 bridgehead atoms. The van der Waals surface area contributed by atoms with E-state index in [4.69, 9.17) is 8.94 Å². The van der Waals surface area contributed by atoms with Gasteiger partial charge in [-0.2, -0.15) is 0 Å². The molecule has 0 atom stereocenters. The quantitative estimate of drug-likeness (QED) is 0.429. The van der Waals surface area contributed by atoms with Gasteiger partial charge in [-0.3, -0.25) is 0 Å². The van der Waals surface area contributed by atoms with Crippen molar-refractivity contribution in [3.8, 4) is 22.8 Å². The Morgan fingerprint density at radius 3 is 2.59 bits per heavy atom. The van der Waals surface area contributed by atoms with Crippen molar-refractivity contribution >= 4 is 11.8 Å². The van der Waals surface area contributed by atoms with Gasteiger partial charge < -0.3 is 8.94 Å². The Labute approximate surface area is 159 Å². The number of rotatable bonds is 5.